The molecule has 1 heterocycles. The van der Waals surface area contributed by atoms with Gasteiger partial charge in [0.25, 0.3) is 0 Å². The van der Waals surface area contributed by atoms with Crippen molar-refractivity contribution < 1.29 is 9.31 Å². The predicted octanol–water partition coefficient (Wildman–Crippen LogP) is 8.02. The van der Waals surface area contributed by atoms with Crippen LogP contribution in [0, 0.1) is 0 Å². The van der Waals surface area contributed by atoms with Crippen molar-refractivity contribution in [2.24, 2.45) is 0 Å². The van der Waals surface area contributed by atoms with Crippen molar-refractivity contribution in [1.82, 2.24) is 0 Å². The minimum Gasteiger partial charge on any atom is -0.399 e. The topological polar surface area (TPSA) is 18.5 Å². The molecule has 1 saturated heterocycles. The molecule has 196 valence electrons. The van der Waals surface area contributed by atoms with Gasteiger partial charge in [-0.2, -0.15) is 0 Å². The van der Waals surface area contributed by atoms with Crippen molar-refractivity contribution >= 4 is 12.6 Å². The van der Waals surface area contributed by atoms with Gasteiger partial charge in [0.05, 0.1) is 16.6 Å². The Morgan fingerprint density at radius 2 is 0.950 bits per heavy atom. The number of benzene rings is 5. The van der Waals surface area contributed by atoms with Gasteiger partial charge in [0.15, 0.2) is 0 Å². The highest BCUT2D eigenvalue weighted by Gasteiger charge is 2.53. The molecule has 7 rings (SSSR count). The second kappa shape index (κ2) is 9.06. The Labute approximate surface area is 237 Å². The summed E-state index contributed by atoms with van der Waals surface area (Å²) in [5, 5.41) is 0. The summed E-state index contributed by atoms with van der Waals surface area (Å²) in [6, 6.07) is 46.3. The van der Waals surface area contributed by atoms with Crippen LogP contribution >= 0.6 is 0 Å². The maximum Gasteiger partial charge on any atom is 0.494 e. The third kappa shape index (κ3) is 3.65. The lowest BCUT2D eigenvalue weighted by atomic mass is 9.66. The van der Waals surface area contributed by atoms with E-state index in [1.165, 1.54) is 44.5 Å². The minimum absolute atomic E-state index is 0.403. The molecule has 0 aromatic heterocycles. The smallest absolute Gasteiger partial charge is 0.399 e. The van der Waals surface area contributed by atoms with E-state index in [1.807, 2.05) is 0 Å². The van der Waals surface area contributed by atoms with Crippen LogP contribution in [0.1, 0.15) is 49.9 Å². The van der Waals surface area contributed by atoms with Crippen LogP contribution in [-0.4, -0.2) is 18.3 Å². The third-order valence-corrected chi connectivity index (χ3v) is 9.21. The normalized spacial score (nSPS) is 17.9. The van der Waals surface area contributed by atoms with Crippen LogP contribution < -0.4 is 5.46 Å². The quantitative estimate of drug-likeness (QED) is 0.219. The van der Waals surface area contributed by atoms with E-state index in [0.29, 0.717) is 0 Å². The van der Waals surface area contributed by atoms with Gasteiger partial charge in [-0.25, -0.2) is 0 Å². The van der Waals surface area contributed by atoms with Crippen LogP contribution in [-0.2, 0) is 14.7 Å². The summed E-state index contributed by atoms with van der Waals surface area (Å²) >= 11 is 0. The Morgan fingerprint density at radius 1 is 0.475 bits per heavy atom. The molecule has 5 aromatic rings. The van der Waals surface area contributed by atoms with E-state index in [2.05, 4.69) is 155 Å². The largest absolute Gasteiger partial charge is 0.494 e. The summed E-state index contributed by atoms with van der Waals surface area (Å²) in [5.74, 6) is 0. The molecule has 0 unspecified atom stereocenters. The minimum atomic E-state index is -0.488. The molecule has 3 heteroatoms. The third-order valence-electron chi connectivity index (χ3n) is 9.21. The fourth-order valence-corrected chi connectivity index (χ4v) is 6.44. The zero-order valence-electron chi connectivity index (χ0n) is 23.5. The zero-order valence-corrected chi connectivity index (χ0v) is 23.5. The van der Waals surface area contributed by atoms with Gasteiger partial charge in [-0.1, -0.05) is 121 Å². The Morgan fingerprint density at radius 3 is 1.50 bits per heavy atom. The van der Waals surface area contributed by atoms with Crippen LogP contribution in [0.3, 0.4) is 0 Å². The van der Waals surface area contributed by atoms with Crippen LogP contribution in [0.15, 0.2) is 127 Å². The maximum absolute atomic E-state index is 6.52. The summed E-state index contributed by atoms with van der Waals surface area (Å²) in [6.07, 6.45) is 0. The molecule has 0 saturated carbocycles. The SMILES string of the molecule is CC1(C)OB(c2ccc3c(c2)C(c2ccccc2)(c2ccccc2)c2cc(-c4ccccc4)ccc2-3)OC1(C)C. The highest BCUT2D eigenvalue weighted by Crippen LogP contribution is 2.56. The number of hydrogen-bond donors (Lipinski definition) is 0. The standard InChI is InChI=1S/C37H33BO2/c1-35(2)36(3,4)40-38(39-35)30-21-23-32-31-22-20-27(26-14-8-5-9-15-26)24-33(31)37(34(32)25-30,28-16-10-6-11-17-28)29-18-12-7-13-19-29/h5-25H,1-4H3. The summed E-state index contributed by atoms with van der Waals surface area (Å²) in [4.78, 5) is 0. The molecular formula is C37H33BO2. The molecule has 0 bridgehead atoms. The lowest BCUT2D eigenvalue weighted by molar-refractivity contribution is 0.00578. The lowest BCUT2D eigenvalue weighted by Gasteiger charge is -2.34. The van der Waals surface area contributed by atoms with Crippen LogP contribution in [0.25, 0.3) is 22.3 Å². The van der Waals surface area contributed by atoms with E-state index in [4.69, 9.17) is 9.31 Å². The average molecular weight is 520 g/mol. The van der Waals surface area contributed by atoms with Crippen molar-refractivity contribution in [2.75, 3.05) is 0 Å². The number of hydrogen-bond acceptors (Lipinski definition) is 2. The van der Waals surface area contributed by atoms with E-state index in [9.17, 15) is 0 Å². The van der Waals surface area contributed by atoms with Gasteiger partial charge in [-0.15, -0.1) is 0 Å². The Balaban J connectivity index is 1.52. The van der Waals surface area contributed by atoms with Crippen LogP contribution in [0.4, 0.5) is 0 Å². The lowest BCUT2D eigenvalue weighted by Crippen LogP contribution is -2.41. The molecule has 0 radical (unpaired) electrons. The Hall–Kier alpha value is -3.92. The molecule has 1 aliphatic carbocycles. The van der Waals surface area contributed by atoms with Crippen molar-refractivity contribution in [3.8, 4) is 22.3 Å². The van der Waals surface area contributed by atoms with Crippen molar-refractivity contribution in [3.63, 3.8) is 0 Å². The first-order chi connectivity index (χ1) is 19.3. The molecule has 1 aliphatic heterocycles. The molecule has 0 atom stereocenters. The summed E-state index contributed by atoms with van der Waals surface area (Å²) in [7, 11) is -0.428. The van der Waals surface area contributed by atoms with Crippen LogP contribution in [0.5, 0.6) is 0 Å². The van der Waals surface area contributed by atoms with E-state index in [0.717, 1.165) is 5.46 Å². The fourth-order valence-electron chi connectivity index (χ4n) is 6.44. The summed E-state index contributed by atoms with van der Waals surface area (Å²) in [6.45, 7) is 8.44. The van der Waals surface area contributed by atoms with Crippen molar-refractivity contribution in [2.45, 2.75) is 44.3 Å². The van der Waals surface area contributed by atoms with Gasteiger partial charge in [0.1, 0.15) is 0 Å². The average Bonchev–Trinajstić information content (AvgIpc) is 3.40. The van der Waals surface area contributed by atoms with Gasteiger partial charge >= 0.3 is 7.12 Å². The Bertz CT molecular complexity index is 1640. The molecule has 5 aromatic carbocycles. The first-order valence-corrected chi connectivity index (χ1v) is 14.1. The van der Waals surface area contributed by atoms with Crippen molar-refractivity contribution in [3.05, 3.63) is 150 Å². The molecule has 0 spiro atoms. The molecule has 0 N–H and O–H groups in total. The second-order valence-corrected chi connectivity index (χ2v) is 12.0. The Kier molecular flexibility index (Phi) is 5.68. The zero-order chi connectivity index (χ0) is 27.5. The van der Waals surface area contributed by atoms with Gasteiger partial charge in [0.2, 0.25) is 0 Å². The van der Waals surface area contributed by atoms with E-state index >= 15 is 0 Å². The van der Waals surface area contributed by atoms with E-state index in [1.54, 1.807) is 0 Å². The first kappa shape index (κ1) is 25.1. The van der Waals surface area contributed by atoms with Gasteiger partial charge < -0.3 is 9.31 Å². The highest BCUT2D eigenvalue weighted by atomic mass is 16.7. The molecule has 0 amide bonds. The molecule has 40 heavy (non-hydrogen) atoms. The molecule has 1 fully saturated rings. The molecular weight excluding hydrogens is 487 g/mol. The summed E-state index contributed by atoms with van der Waals surface area (Å²) < 4.78 is 13.0. The first-order valence-electron chi connectivity index (χ1n) is 14.1. The monoisotopic (exact) mass is 520 g/mol. The predicted molar refractivity (Wildman–Crippen MR) is 165 cm³/mol. The maximum atomic E-state index is 6.52. The molecule has 2 aliphatic rings. The highest BCUT2D eigenvalue weighted by molar-refractivity contribution is 6.62. The second-order valence-electron chi connectivity index (χ2n) is 12.0. The summed E-state index contributed by atoms with van der Waals surface area (Å²) in [5.41, 5.74) is 9.76. The fraction of sp³-hybridized carbons (Fsp3) is 0.189. The van der Waals surface area contributed by atoms with Gasteiger partial charge in [-0.3, -0.25) is 0 Å². The van der Waals surface area contributed by atoms with Gasteiger partial charge in [0, 0.05) is 0 Å². The van der Waals surface area contributed by atoms with Crippen LogP contribution in [0.2, 0.25) is 0 Å². The molecule has 2 nitrogen and oxygen atoms in total. The van der Waals surface area contributed by atoms with Crippen molar-refractivity contribution in [1.29, 1.82) is 0 Å². The number of rotatable bonds is 4. The van der Waals surface area contributed by atoms with E-state index < -0.39 is 23.7 Å². The van der Waals surface area contributed by atoms with E-state index in [-0.39, 0.29) is 0 Å². The number of fused-ring (bicyclic) bond motifs is 3. The van der Waals surface area contributed by atoms with Gasteiger partial charge in [-0.05, 0) is 83.7 Å².